The molecular weight excluding hydrogens is 340 g/mol. The molecule has 3 heterocycles. The Morgan fingerprint density at radius 1 is 1.00 bits per heavy atom. The van der Waals surface area contributed by atoms with Crippen LogP contribution < -0.4 is 10.2 Å². The van der Waals surface area contributed by atoms with Crippen LogP contribution in [0.2, 0.25) is 0 Å². The highest BCUT2D eigenvalue weighted by atomic mass is 16.7. The van der Waals surface area contributed by atoms with Crippen molar-refractivity contribution in [3.8, 4) is 11.4 Å². The molecule has 1 aromatic heterocycles. The van der Waals surface area contributed by atoms with E-state index in [1.54, 1.807) is 0 Å². The van der Waals surface area contributed by atoms with Gasteiger partial charge in [0.25, 0.3) is 0 Å². The molecule has 144 valence electrons. The predicted octanol–water partition coefficient (Wildman–Crippen LogP) is 3.70. The van der Waals surface area contributed by atoms with E-state index in [0.29, 0.717) is 13.2 Å². The van der Waals surface area contributed by atoms with E-state index < -0.39 is 0 Å². The standard InChI is InChI=1S/C21H28N4O2/c1-20(2,3)24-17-15-18(23-19(22-17)16-7-5-4-6-8-16)25-11-9-21(10-12-25)26-13-14-27-21/h4-8,15H,9-14H2,1-3H3,(H,22,23,24). The van der Waals surface area contributed by atoms with E-state index in [9.17, 15) is 0 Å². The second kappa shape index (κ2) is 7.09. The van der Waals surface area contributed by atoms with E-state index in [1.165, 1.54) is 0 Å². The predicted molar refractivity (Wildman–Crippen MR) is 107 cm³/mol. The summed E-state index contributed by atoms with van der Waals surface area (Å²) in [6.45, 7) is 9.53. The molecule has 0 atom stereocenters. The van der Waals surface area contributed by atoms with Crippen LogP contribution in [0.5, 0.6) is 0 Å². The zero-order valence-corrected chi connectivity index (χ0v) is 16.4. The fourth-order valence-electron chi connectivity index (χ4n) is 3.62. The zero-order chi connectivity index (χ0) is 18.9. The number of nitrogens with zero attached hydrogens (tertiary/aromatic N) is 3. The lowest BCUT2D eigenvalue weighted by molar-refractivity contribution is -0.169. The van der Waals surface area contributed by atoms with Gasteiger partial charge in [-0.15, -0.1) is 0 Å². The molecular formula is C21H28N4O2. The zero-order valence-electron chi connectivity index (χ0n) is 16.4. The fraction of sp³-hybridized carbons (Fsp3) is 0.524. The lowest BCUT2D eigenvalue weighted by Crippen LogP contribution is -2.45. The van der Waals surface area contributed by atoms with E-state index in [-0.39, 0.29) is 11.3 Å². The molecule has 0 amide bonds. The van der Waals surface area contributed by atoms with Crippen molar-refractivity contribution in [3.63, 3.8) is 0 Å². The summed E-state index contributed by atoms with van der Waals surface area (Å²) in [7, 11) is 0. The highest BCUT2D eigenvalue weighted by molar-refractivity contribution is 5.62. The van der Waals surface area contributed by atoms with Gasteiger partial charge in [-0.25, -0.2) is 9.97 Å². The summed E-state index contributed by atoms with van der Waals surface area (Å²) in [6.07, 6.45) is 1.72. The quantitative estimate of drug-likeness (QED) is 0.891. The molecule has 1 aromatic carbocycles. The average Bonchev–Trinajstić information content (AvgIpc) is 3.09. The molecule has 1 N–H and O–H groups in total. The summed E-state index contributed by atoms with van der Waals surface area (Å²) in [5.74, 6) is 2.16. The Bertz CT molecular complexity index is 773. The van der Waals surface area contributed by atoms with E-state index in [2.05, 4.69) is 31.0 Å². The first-order valence-corrected chi connectivity index (χ1v) is 9.68. The Morgan fingerprint density at radius 3 is 2.30 bits per heavy atom. The number of rotatable bonds is 3. The van der Waals surface area contributed by atoms with Crippen molar-refractivity contribution in [1.82, 2.24) is 9.97 Å². The summed E-state index contributed by atoms with van der Waals surface area (Å²) < 4.78 is 11.7. The van der Waals surface area contributed by atoms with Crippen LogP contribution in [0.25, 0.3) is 11.4 Å². The Labute approximate surface area is 160 Å². The minimum Gasteiger partial charge on any atom is -0.365 e. The molecule has 1 spiro atoms. The Morgan fingerprint density at radius 2 is 1.67 bits per heavy atom. The van der Waals surface area contributed by atoms with Gasteiger partial charge in [0.05, 0.1) is 13.2 Å². The normalized spacial score (nSPS) is 19.4. The van der Waals surface area contributed by atoms with Gasteiger partial charge in [-0.05, 0) is 20.8 Å². The number of benzene rings is 1. The summed E-state index contributed by atoms with van der Waals surface area (Å²) in [5.41, 5.74) is 0.948. The molecule has 2 aliphatic heterocycles. The third kappa shape index (κ3) is 4.22. The molecule has 2 aromatic rings. The van der Waals surface area contributed by atoms with E-state index in [4.69, 9.17) is 19.4 Å². The third-order valence-electron chi connectivity index (χ3n) is 4.91. The summed E-state index contributed by atoms with van der Waals surface area (Å²) in [4.78, 5) is 11.9. The lowest BCUT2D eigenvalue weighted by Gasteiger charge is -2.38. The minimum absolute atomic E-state index is 0.0724. The van der Waals surface area contributed by atoms with Crippen molar-refractivity contribution in [3.05, 3.63) is 36.4 Å². The third-order valence-corrected chi connectivity index (χ3v) is 4.91. The van der Waals surface area contributed by atoms with Gasteiger partial charge in [0.15, 0.2) is 11.6 Å². The van der Waals surface area contributed by atoms with Crippen LogP contribution in [0.3, 0.4) is 0 Å². The first-order chi connectivity index (χ1) is 12.9. The van der Waals surface area contributed by atoms with Crippen molar-refractivity contribution in [1.29, 1.82) is 0 Å². The molecule has 0 unspecified atom stereocenters. The SMILES string of the molecule is CC(C)(C)Nc1cc(N2CCC3(CC2)OCCO3)nc(-c2ccccc2)n1. The Hall–Kier alpha value is -2.18. The molecule has 6 nitrogen and oxygen atoms in total. The molecule has 6 heteroatoms. The Balaban J connectivity index is 1.62. The van der Waals surface area contributed by atoms with Gasteiger partial charge in [0, 0.05) is 43.1 Å². The van der Waals surface area contributed by atoms with Crippen LogP contribution in [0.15, 0.2) is 36.4 Å². The van der Waals surface area contributed by atoms with Crippen molar-refractivity contribution in [2.75, 3.05) is 36.5 Å². The monoisotopic (exact) mass is 368 g/mol. The van der Waals surface area contributed by atoms with E-state index >= 15 is 0 Å². The topological polar surface area (TPSA) is 59.5 Å². The number of aromatic nitrogens is 2. The van der Waals surface area contributed by atoms with Gasteiger partial charge < -0.3 is 19.7 Å². The van der Waals surface area contributed by atoms with Crippen LogP contribution in [0.4, 0.5) is 11.6 Å². The van der Waals surface area contributed by atoms with Crippen LogP contribution >= 0.6 is 0 Å². The Kier molecular flexibility index (Phi) is 4.78. The number of anilines is 2. The number of hydrogen-bond acceptors (Lipinski definition) is 6. The smallest absolute Gasteiger partial charge is 0.171 e. The van der Waals surface area contributed by atoms with E-state index in [1.807, 2.05) is 36.4 Å². The maximum Gasteiger partial charge on any atom is 0.171 e. The minimum atomic E-state index is -0.377. The van der Waals surface area contributed by atoms with Crippen LogP contribution in [0, 0.1) is 0 Å². The van der Waals surface area contributed by atoms with Crippen LogP contribution in [-0.4, -0.2) is 47.6 Å². The van der Waals surface area contributed by atoms with Crippen molar-refractivity contribution in [2.45, 2.75) is 44.9 Å². The summed E-state index contributed by atoms with van der Waals surface area (Å²) in [5, 5.41) is 3.49. The number of piperidine rings is 1. The highest BCUT2D eigenvalue weighted by Crippen LogP contribution is 2.34. The van der Waals surface area contributed by atoms with Gasteiger partial charge in [0.2, 0.25) is 0 Å². The molecule has 4 rings (SSSR count). The number of ether oxygens (including phenoxy) is 2. The molecule has 0 bridgehead atoms. The summed E-state index contributed by atoms with van der Waals surface area (Å²) >= 11 is 0. The molecule has 2 aliphatic rings. The molecule has 2 saturated heterocycles. The summed E-state index contributed by atoms with van der Waals surface area (Å²) in [6, 6.07) is 12.2. The second-order valence-corrected chi connectivity index (χ2v) is 8.27. The highest BCUT2D eigenvalue weighted by Gasteiger charge is 2.40. The molecule has 0 saturated carbocycles. The first-order valence-electron chi connectivity index (χ1n) is 9.68. The largest absolute Gasteiger partial charge is 0.365 e. The van der Waals surface area contributed by atoms with Crippen LogP contribution in [0.1, 0.15) is 33.6 Å². The van der Waals surface area contributed by atoms with Gasteiger partial charge in [-0.3, -0.25) is 0 Å². The molecule has 0 radical (unpaired) electrons. The van der Waals surface area contributed by atoms with Gasteiger partial charge >= 0.3 is 0 Å². The second-order valence-electron chi connectivity index (χ2n) is 8.27. The van der Waals surface area contributed by atoms with Crippen LogP contribution in [-0.2, 0) is 9.47 Å². The van der Waals surface area contributed by atoms with Crippen molar-refractivity contribution >= 4 is 11.6 Å². The molecule has 27 heavy (non-hydrogen) atoms. The van der Waals surface area contributed by atoms with E-state index in [0.717, 1.165) is 49.0 Å². The van der Waals surface area contributed by atoms with Gasteiger partial charge in [0.1, 0.15) is 11.6 Å². The fourth-order valence-corrected chi connectivity index (χ4v) is 3.62. The van der Waals surface area contributed by atoms with Gasteiger partial charge in [-0.2, -0.15) is 0 Å². The average molecular weight is 368 g/mol. The maximum atomic E-state index is 5.85. The molecule has 0 aliphatic carbocycles. The lowest BCUT2D eigenvalue weighted by atomic mass is 10.0. The van der Waals surface area contributed by atoms with Gasteiger partial charge in [-0.1, -0.05) is 30.3 Å². The number of hydrogen-bond donors (Lipinski definition) is 1. The molecule has 2 fully saturated rings. The first kappa shape index (κ1) is 18.2. The van der Waals surface area contributed by atoms with Crippen molar-refractivity contribution in [2.24, 2.45) is 0 Å². The number of nitrogens with one attached hydrogen (secondary N) is 1. The maximum absolute atomic E-state index is 5.85. The van der Waals surface area contributed by atoms with Crippen molar-refractivity contribution < 1.29 is 9.47 Å².